The number of rotatable bonds is 2. The van der Waals surface area contributed by atoms with Crippen molar-refractivity contribution in [2.45, 2.75) is 18.9 Å². The van der Waals surface area contributed by atoms with E-state index >= 15 is 0 Å². The van der Waals surface area contributed by atoms with Gasteiger partial charge in [0.15, 0.2) is 0 Å². The third-order valence-electron chi connectivity index (χ3n) is 3.12. The summed E-state index contributed by atoms with van der Waals surface area (Å²) >= 11 is 0. The summed E-state index contributed by atoms with van der Waals surface area (Å²) in [7, 11) is 0. The molecule has 1 aromatic rings. The normalized spacial score (nSPS) is 17.7. The van der Waals surface area contributed by atoms with Gasteiger partial charge < -0.3 is 15.1 Å². The van der Waals surface area contributed by atoms with Gasteiger partial charge in [-0.15, -0.1) is 0 Å². The highest BCUT2D eigenvalue weighted by Crippen LogP contribution is 2.29. The maximum atomic E-state index is 13.4. The van der Waals surface area contributed by atoms with Crippen molar-refractivity contribution in [3.05, 3.63) is 29.6 Å². The van der Waals surface area contributed by atoms with Crippen LogP contribution in [0.4, 0.5) is 4.39 Å². The molecule has 1 heterocycles. The number of aromatic hydroxyl groups is 1. The number of carbonyl (C=O) groups is 1. The topological polar surface area (TPSA) is 60.8 Å². The minimum Gasteiger partial charge on any atom is -0.507 e. The zero-order valence-corrected chi connectivity index (χ0v) is 9.48. The van der Waals surface area contributed by atoms with Crippen LogP contribution in [0.5, 0.6) is 5.75 Å². The molecule has 1 amide bonds. The number of nitrogens with zero attached hydrogens (tertiary/aromatic N) is 1. The van der Waals surface area contributed by atoms with Crippen molar-refractivity contribution in [3.8, 4) is 5.75 Å². The van der Waals surface area contributed by atoms with Crippen LogP contribution in [-0.2, 0) is 0 Å². The number of β-amino-alcohol motifs (C(OH)–C–C–N with tert-alkyl or cyclic N) is 1. The third kappa shape index (κ3) is 1.98. The molecular formula is C12H14FNO3. The maximum absolute atomic E-state index is 13.4. The zero-order valence-electron chi connectivity index (χ0n) is 9.48. The Bertz CT molecular complexity index is 435. The van der Waals surface area contributed by atoms with E-state index in [0.717, 1.165) is 6.07 Å². The van der Waals surface area contributed by atoms with Gasteiger partial charge in [0.05, 0.1) is 18.7 Å². The first-order valence-electron chi connectivity index (χ1n) is 5.46. The van der Waals surface area contributed by atoms with Gasteiger partial charge in [-0.1, -0.05) is 13.0 Å². The summed E-state index contributed by atoms with van der Waals surface area (Å²) in [5.74, 6) is -1.71. The van der Waals surface area contributed by atoms with E-state index in [-0.39, 0.29) is 24.4 Å². The second kappa shape index (κ2) is 4.00. The van der Waals surface area contributed by atoms with E-state index in [2.05, 4.69) is 0 Å². The molecule has 5 heteroatoms. The van der Waals surface area contributed by atoms with E-state index in [9.17, 15) is 19.4 Å². The van der Waals surface area contributed by atoms with Gasteiger partial charge in [-0.05, 0) is 18.6 Å². The molecule has 1 aliphatic rings. The number of benzene rings is 1. The number of hydrogen-bond donors (Lipinski definition) is 2. The zero-order chi connectivity index (χ0) is 12.6. The predicted octanol–water partition coefficient (Wildman–Crippen LogP) is 1.13. The van der Waals surface area contributed by atoms with Crippen LogP contribution in [0.25, 0.3) is 0 Å². The number of likely N-dealkylation sites (tertiary alicyclic amines) is 1. The summed E-state index contributed by atoms with van der Waals surface area (Å²) in [6, 6.07) is 3.72. The van der Waals surface area contributed by atoms with Crippen molar-refractivity contribution in [3.63, 3.8) is 0 Å². The molecule has 1 aromatic carbocycles. The predicted molar refractivity (Wildman–Crippen MR) is 59.2 cm³/mol. The fourth-order valence-corrected chi connectivity index (χ4v) is 1.91. The van der Waals surface area contributed by atoms with E-state index in [4.69, 9.17) is 0 Å². The molecule has 0 spiro atoms. The monoisotopic (exact) mass is 239 g/mol. The fraction of sp³-hybridized carbons (Fsp3) is 0.417. The van der Waals surface area contributed by atoms with Crippen LogP contribution in [0.15, 0.2) is 18.2 Å². The van der Waals surface area contributed by atoms with Gasteiger partial charge >= 0.3 is 0 Å². The SMILES string of the molecule is CCC1(O)CN(C(=O)c2c(O)cccc2F)C1. The molecule has 1 fully saturated rings. The van der Waals surface area contributed by atoms with Crippen LogP contribution >= 0.6 is 0 Å². The molecule has 0 radical (unpaired) electrons. The lowest BCUT2D eigenvalue weighted by Gasteiger charge is -2.46. The Morgan fingerprint density at radius 2 is 2.18 bits per heavy atom. The summed E-state index contributed by atoms with van der Waals surface area (Å²) in [4.78, 5) is 13.2. The molecule has 0 aromatic heterocycles. The second-order valence-corrected chi connectivity index (χ2v) is 4.37. The molecule has 1 saturated heterocycles. The summed E-state index contributed by atoms with van der Waals surface area (Å²) in [6.45, 7) is 2.18. The molecule has 17 heavy (non-hydrogen) atoms. The average molecular weight is 239 g/mol. The first-order valence-corrected chi connectivity index (χ1v) is 5.46. The molecule has 4 nitrogen and oxygen atoms in total. The van der Waals surface area contributed by atoms with Crippen molar-refractivity contribution < 1.29 is 19.4 Å². The Morgan fingerprint density at radius 3 is 2.71 bits per heavy atom. The number of phenolic OH excluding ortho intramolecular Hbond substituents is 1. The number of halogens is 1. The number of hydrogen-bond acceptors (Lipinski definition) is 3. The maximum Gasteiger partial charge on any atom is 0.260 e. The van der Waals surface area contributed by atoms with Crippen LogP contribution in [-0.4, -0.2) is 39.7 Å². The number of phenols is 1. The van der Waals surface area contributed by atoms with Gasteiger partial charge in [-0.3, -0.25) is 4.79 Å². The molecule has 0 aliphatic carbocycles. The molecule has 0 bridgehead atoms. The fourth-order valence-electron chi connectivity index (χ4n) is 1.91. The molecule has 0 atom stereocenters. The molecule has 2 rings (SSSR count). The van der Waals surface area contributed by atoms with Gasteiger partial charge in [-0.2, -0.15) is 0 Å². The Morgan fingerprint density at radius 1 is 1.53 bits per heavy atom. The van der Waals surface area contributed by atoms with Crippen molar-refractivity contribution in [2.75, 3.05) is 13.1 Å². The van der Waals surface area contributed by atoms with E-state index in [0.29, 0.717) is 6.42 Å². The third-order valence-corrected chi connectivity index (χ3v) is 3.12. The first-order chi connectivity index (χ1) is 7.97. The van der Waals surface area contributed by atoms with Crippen molar-refractivity contribution in [1.29, 1.82) is 0 Å². The standard InChI is InChI=1S/C12H14FNO3/c1-2-12(17)6-14(7-12)11(16)10-8(13)4-3-5-9(10)15/h3-5,15,17H,2,6-7H2,1H3. The quantitative estimate of drug-likeness (QED) is 0.813. The van der Waals surface area contributed by atoms with Crippen LogP contribution in [0.3, 0.4) is 0 Å². The average Bonchev–Trinajstić information content (AvgIpc) is 2.24. The van der Waals surface area contributed by atoms with Crippen molar-refractivity contribution in [1.82, 2.24) is 4.90 Å². The van der Waals surface area contributed by atoms with Crippen LogP contribution < -0.4 is 0 Å². The summed E-state index contributed by atoms with van der Waals surface area (Å²) in [5.41, 5.74) is -1.19. The lowest BCUT2D eigenvalue weighted by Crippen LogP contribution is -2.63. The number of amides is 1. The lowest BCUT2D eigenvalue weighted by molar-refractivity contribution is -0.0828. The Balaban J connectivity index is 2.17. The highest BCUT2D eigenvalue weighted by Gasteiger charge is 2.43. The molecule has 0 unspecified atom stereocenters. The Labute approximate surface area is 98.3 Å². The van der Waals surface area contributed by atoms with Gasteiger partial charge in [0.1, 0.15) is 17.1 Å². The van der Waals surface area contributed by atoms with Gasteiger partial charge in [0.2, 0.25) is 0 Å². The van der Waals surface area contributed by atoms with Crippen molar-refractivity contribution in [2.24, 2.45) is 0 Å². The van der Waals surface area contributed by atoms with E-state index in [1.54, 1.807) is 0 Å². The summed E-state index contributed by atoms with van der Waals surface area (Å²) < 4.78 is 13.4. The molecular weight excluding hydrogens is 225 g/mol. The largest absolute Gasteiger partial charge is 0.507 e. The van der Waals surface area contributed by atoms with Gasteiger partial charge in [0, 0.05) is 0 Å². The molecule has 92 valence electrons. The molecule has 2 N–H and O–H groups in total. The minimum atomic E-state index is -0.865. The van der Waals surface area contributed by atoms with E-state index in [1.165, 1.54) is 17.0 Å². The Kier molecular flexibility index (Phi) is 2.79. The van der Waals surface area contributed by atoms with Crippen LogP contribution in [0, 0.1) is 5.82 Å². The highest BCUT2D eigenvalue weighted by molar-refractivity contribution is 5.97. The van der Waals surface area contributed by atoms with Crippen LogP contribution in [0.2, 0.25) is 0 Å². The Hall–Kier alpha value is -1.62. The number of aliphatic hydroxyl groups is 1. The van der Waals surface area contributed by atoms with Gasteiger partial charge in [-0.25, -0.2) is 4.39 Å². The summed E-state index contributed by atoms with van der Waals surface area (Å²) in [6.07, 6.45) is 0.542. The lowest BCUT2D eigenvalue weighted by atomic mass is 9.90. The minimum absolute atomic E-state index is 0.177. The molecule has 1 aliphatic heterocycles. The molecule has 0 saturated carbocycles. The van der Waals surface area contributed by atoms with Gasteiger partial charge in [0.25, 0.3) is 5.91 Å². The van der Waals surface area contributed by atoms with E-state index in [1.807, 2.05) is 6.92 Å². The first kappa shape index (κ1) is 11.9. The van der Waals surface area contributed by atoms with E-state index < -0.39 is 17.3 Å². The van der Waals surface area contributed by atoms with Crippen molar-refractivity contribution >= 4 is 5.91 Å². The van der Waals surface area contributed by atoms with Crippen LogP contribution in [0.1, 0.15) is 23.7 Å². The highest BCUT2D eigenvalue weighted by atomic mass is 19.1. The smallest absolute Gasteiger partial charge is 0.260 e. The number of carbonyl (C=O) groups excluding carboxylic acids is 1. The second-order valence-electron chi connectivity index (χ2n) is 4.37. The summed E-state index contributed by atoms with van der Waals surface area (Å²) in [5, 5.41) is 19.2.